The van der Waals surface area contributed by atoms with Gasteiger partial charge in [0.2, 0.25) is 0 Å². The Bertz CT molecular complexity index is 1120. The van der Waals surface area contributed by atoms with Crippen LogP contribution < -0.4 is 15.4 Å². The Morgan fingerprint density at radius 3 is 1.47 bits per heavy atom. The standard InChI is InChI=1S/C28H34N2O7S/c1-15(2)13-19(27(33)35-5)29-25(31)17-9-7-11-21-23(17)37-24-18(10-8-12-22(24)38-21)26(32)30-20(14-16(3)4)28(34)36-6/h7-12,15-16,19-20H,13-14H2,1-6H3,(H,29,31)(H,30,32). The number of methoxy groups -OCH3 is 2. The molecule has 2 aromatic rings. The fourth-order valence-electron chi connectivity index (χ4n) is 4.11. The lowest BCUT2D eigenvalue weighted by atomic mass is 10.0. The van der Waals surface area contributed by atoms with Crippen molar-refractivity contribution in [3.8, 4) is 11.5 Å². The molecule has 2 amide bonds. The molecule has 0 aliphatic carbocycles. The van der Waals surface area contributed by atoms with Crippen LogP contribution in [0.4, 0.5) is 0 Å². The molecule has 2 atom stereocenters. The van der Waals surface area contributed by atoms with Gasteiger partial charge in [-0.25, -0.2) is 9.59 Å². The molecule has 38 heavy (non-hydrogen) atoms. The number of para-hydroxylation sites is 2. The van der Waals surface area contributed by atoms with E-state index >= 15 is 0 Å². The van der Waals surface area contributed by atoms with Gasteiger partial charge < -0.3 is 24.8 Å². The van der Waals surface area contributed by atoms with Gasteiger partial charge in [-0.15, -0.1) is 0 Å². The molecular weight excluding hydrogens is 508 g/mol. The number of carbonyl (C=O) groups excluding carboxylic acids is 4. The second-order valence-corrected chi connectivity index (χ2v) is 10.9. The Hall–Kier alpha value is -3.53. The van der Waals surface area contributed by atoms with Crippen LogP contribution in [0.3, 0.4) is 0 Å². The number of hydrogen-bond donors (Lipinski definition) is 2. The summed E-state index contributed by atoms with van der Waals surface area (Å²) in [6.45, 7) is 7.78. The van der Waals surface area contributed by atoms with Gasteiger partial charge in [-0.05, 0) is 48.9 Å². The van der Waals surface area contributed by atoms with E-state index in [1.54, 1.807) is 24.3 Å². The SMILES string of the molecule is COC(=O)C(CC(C)C)NC(=O)c1cccc2c1Oc1c(cccc1C(=O)NC(CC(C)C)C(=O)OC)S2. The van der Waals surface area contributed by atoms with Gasteiger partial charge in [0.15, 0.2) is 11.5 Å². The Morgan fingerprint density at radius 2 is 1.13 bits per heavy atom. The van der Waals surface area contributed by atoms with Crippen molar-refractivity contribution in [3.63, 3.8) is 0 Å². The zero-order chi connectivity index (χ0) is 28.0. The minimum Gasteiger partial charge on any atom is -0.467 e. The first-order valence-corrected chi connectivity index (χ1v) is 13.3. The van der Waals surface area contributed by atoms with Gasteiger partial charge in [-0.2, -0.15) is 0 Å². The van der Waals surface area contributed by atoms with E-state index in [4.69, 9.17) is 14.2 Å². The molecule has 0 aromatic heterocycles. The van der Waals surface area contributed by atoms with E-state index in [-0.39, 0.29) is 34.5 Å². The number of benzene rings is 2. The summed E-state index contributed by atoms with van der Waals surface area (Å²) in [4.78, 5) is 52.5. The van der Waals surface area contributed by atoms with Crippen molar-refractivity contribution in [2.24, 2.45) is 11.8 Å². The summed E-state index contributed by atoms with van der Waals surface area (Å²) in [5, 5.41) is 5.51. The van der Waals surface area contributed by atoms with E-state index in [9.17, 15) is 19.2 Å². The Balaban J connectivity index is 1.91. The molecule has 0 bridgehead atoms. The molecule has 2 unspecified atom stereocenters. The highest BCUT2D eigenvalue weighted by Gasteiger charge is 2.31. The number of esters is 2. The van der Waals surface area contributed by atoms with Crippen molar-refractivity contribution in [1.29, 1.82) is 0 Å². The summed E-state index contributed by atoms with van der Waals surface area (Å²) in [5.74, 6) is -1.19. The monoisotopic (exact) mass is 542 g/mol. The molecular formula is C28H34N2O7S. The summed E-state index contributed by atoms with van der Waals surface area (Å²) < 4.78 is 15.9. The maximum atomic E-state index is 13.3. The number of amides is 2. The summed E-state index contributed by atoms with van der Waals surface area (Å²) in [5.41, 5.74) is 0.446. The maximum absolute atomic E-state index is 13.3. The first kappa shape index (κ1) is 29.0. The van der Waals surface area contributed by atoms with E-state index in [0.29, 0.717) is 22.6 Å². The highest BCUT2D eigenvalue weighted by atomic mass is 32.2. The molecule has 2 aromatic carbocycles. The zero-order valence-electron chi connectivity index (χ0n) is 22.5. The number of carbonyl (C=O) groups is 4. The smallest absolute Gasteiger partial charge is 0.328 e. The van der Waals surface area contributed by atoms with Gasteiger partial charge in [-0.1, -0.05) is 51.6 Å². The minimum atomic E-state index is -0.815. The average Bonchev–Trinajstić information content (AvgIpc) is 2.88. The predicted octanol–water partition coefficient (Wildman–Crippen LogP) is 4.58. The van der Waals surface area contributed by atoms with Gasteiger partial charge in [0, 0.05) is 0 Å². The van der Waals surface area contributed by atoms with Crippen LogP contribution in [0.5, 0.6) is 11.5 Å². The average molecular weight is 543 g/mol. The quantitative estimate of drug-likeness (QED) is 0.357. The number of hydrogen-bond acceptors (Lipinski definition) is 8. The lowest BCUT2D eigenvalue weighted by Gasteiger charge is -2.25. The number of nitrogens with one attached hydrogen (secondary N) is 2. The first-order valence-electron chi connectivity index (χ1n) is 12.4. The van der Waals surface area contributed by atoms with Crippen LogP contribution >= 0.6 is 11.8 Å². The van der Waals surface area contributed by atoms with E-state index in [0.717, 1.165) is 0 Å². The van der Waals surface area contributed by atoms with E-state index < -0.39 is 35.8 Å². The van der Waals surface area contributed by atoms with Gasteiger partial charge >= 0.3 is 11.9 Å². The van der Waals surface area contributed by atoms with Crippen LogP contribution in [-0.4, -0.2) is 50.1 Å². The van der Waals surface area contributed by atoms with Gasteiger partial charge in [0.05, 0.1) is 35.1 Å². The third kappa shape index (κ3) is 6.86. The highest BCUT2D eigenvalue weighted by molar-refractivity contribution is 7.99. The third-order valence-corrected chi connectivity index (χ3v) is 6.95. The summed E-state index contributed by atoms with van der Waals surface area (Å²) in [6, 6.07) is 8.66. The minimum absolute atomic E-state index is 0.147. The molecule has 0 saturated carbocycles. The third-order valence-electron chi connectivity index (χ3n) is 5.87. The Kier molecular flexibility index (Phi) is 9.79. The highest BCUT2D eigenvalue weighted by Crippen LogP contribution is 2.49. The van der Waals surface area contributed by atoms with Crippen LogP contribution in [-0.2, 0) is 19.1 Å². The molecule has 3 rings (SSSR count). The fourth-order valence-corrected chi connectivity index (χ4v) is 5.13. The summed E-state index contributed by atoms with van der Waals surface area (Å²) >= 11 is 1.36. The molecule has 10 heteroatoms. The first-order chi connectivity index (χ1) is 18.0. The molecule has 0 fully saturated rings. The van der Waals surface area contributed by atoms with Crippen LogP contribution in [0.2, 0.25) is 0 Å². The van der Waals surface area contributed by atoms with Crippen molar-refractivity contribution in [2.75, 3.05) is 14.2 Å². The van der Waals surface area contributed by atoms with Crippen molar-refractivity contribution in [3.05, 3.63) is 47.5 Å². The molecule has 1 aliphatic rings. The number of fused-ring (bicyclic) bond motifs is 2. The summed E-state index contributed by atoms with van der Waals surface area (Å²) in [7, 11) is 2.56. The zero-order valence-corrected chi connectivity index (χ0v) is 23.3. The van der Waals surface area contributed by atoms with E-state index in [1.807, 2.05) is 39.8 Å². The van der Waals surface area contributed by atoms with Crippen LogP contribution in [0.1, 0.15) is 61.3 Å². The maximum Gasteiger partial charge on any atom is 0.328 e. The molecule has 204 valence electrons. The molecule has 9 nitrogen and oxygen atoms in total. The van der Waals surface area contributed by atoms with Gasteiger partial charge in [0.25, 0.3) is 11.8 Å². The lowest BCUT2D eigenvalue weighted by Crippen LogP contribution is -2.42. The van der Waals surface area contributed by atoms with Crippen molar-refractivity contribution < 1.29 is 33.4 Å². The van der Waals surface area contributed by atoms with Gasteiger partial charge in [-0.3, -0.25) is 9.59 Å². The molecule has 0 radical (unpaired) electrons. The van der Waals surface area contributed by atoms with E-state index in [2.05, 4.69) is 10.6 Å². The molecule has 1 heterocycles. The van der Waals surface area contributed by atoms with Crippen LogP contribution in [0, 0.1) is 11.8 Å². The Labute approximate surface area is 227 Å². The topological polar surface area (TPSA) is 120 Å². The lowest BCUT2D eigenvalue weighted by molar-refractivity contribution is -0.144. The van der Waals surface area contributed by atoms with E-state index in [1.165, 1.54) is 26.0 Å². The second-order valence-electron chi connectivity index (χ2n) is 9.83. The van der Waals surface area contributed by atoms with Crippen LogP contribution in [0.25, 0.3) is 0 Å². The normalized spacial score (nSPS) is 13.5. The molecule has 1 aliphatic heterocycles. The Morgan fingerprint density at radius 1 is 0.737 bits per heavy atom. The summed E-state index contributed by atoms with van der Waals surface area (Å²) in [6.07, 6.45) is 0.821. The molecule has 0 spiro atoms. The van der Waals surface area contributed by atoms with Crippen molar-refractivity contribution in [1.82, 2.24) is 10.6 Å². The number of ether oxygens (including phenoxy) is 3. The molecule has 2 N–H and O–H groups in total. The number of rotatable bonds is 10. The largest absolute Gasteiger partial charge is 0.467 e. The predicted molar refractivity (Wildman–Crippen MR) is 143 cm³/mol. The van der Waals surface area contributed by atoms with Crippen molar-refractivity contribution >= 4 is 35.5 Å². The van der Waals surface area contributed by atoms with Crippen molar-refractivity contribution in [2.45, 2.75) is 62.4 Å². The van der Waals surface area contributed by atoms with Crippen LogP contribution in [0.15, 0.2) is 46.2 Å². The van der Waals surface area contributed by atoms with Gasteiger partial charge in [0.1, 0.15) is 12.1 Å². The fraction of sp³-hybridized carbons (Fsp3) is 0.429. The molecule has 0 saturated heterocycles. The second kappa shape index (κ2) is 12.8.